The Bertz CT molecular complexity index is 471. The van der Waals surface area contributed by atoms with Gasteiger partial charge in [-0.1, -0.05) is 39.0 Å². The molecule has 1 aliphatic heterocycles. The average molecular weight is 289 g/mol. The minimum absolute atomic E-state index is 0.309. The molecule has 21 heavy (non-hydrogen) atoms. The van der Waals surface area contributed by atoms with Gasteiger partial charge in [0.15, 0.2) is 0 Å². The van der Waals surface area contributed by atoms with Crippen molar-refractivity contribution in [2.75, 3.05) is 7.05 Å². The summed E-state index contributed by atoms with van der Waals surface area (Å²) in [5.41, 5.74) is 4.38. The van der Waals surface area contributed by atoms with E-state index in [1.807, 2.05) is 0 Å². The van der Waals surface area contributed by atoms with Gasteiger partial charge in [-0.15, -0.1) is 0 Å². The number of hydrogen-bond donors (Lipinski definition) is 1. The molecule has 2 rings (SSSR count). The minimum atomic E-state index is 0.309. The normalized spacial score (nSPS) is 30.6. The molecule has 0 spiro atoms. The number of benzene rings is 1. The monoisotopic (exact) mass is 289 g/mol. The van der Waals surface area contributed by atoms with Gasteiger partial charge in [0.05, 0.1) is 12.2 Å². The van der Waals surface area contributed by atoms with Crippen molar-refractivity contribution in [3.05, 3.63) is 34.9 Å². The maximum absolute atomic E-state index is 6.05. The van der Waals surface area contributed by atoms with E-state index >= 15 is 0 Å². The van der Waals surface area contributed by atoms with Crippen LogP contribution < -0.4 is 5.32 Å². The Morgan fingerprint density at radius 1 is 1.05 bits per heavy atom. The van der Waals surface area contributed by atoms with Crippen LogP contribution in [-0.2, 0) is 17.6 Å². The molecule has 5 atom stereocenters. The molecule has 0 radical (unpaired) electrons. The fraction of sp³-hybridized carbons (Fsp3) is 0.684. The summed E-state index contributed by atoms with van der Waals surface area (Å²) in [6.45, 7) is 11.2. The van der Waals surface area contributed by atoms with Gasteiger partial charge >= 0.3 is 0 Å². The lowest BCUT2D eigenvalue weighted by molar-refractivity contribution is 0.0478. The van der Waals surface area contributed by atoms with Gasteiger partial charge in [-0.3, -0.25) is 0 Å². The maximum Gasteiger partial charge on any atom is 0.0600 e. The predicted molar refractivity (Wildman–Crippen MR) is 89.7 cm³/mol. The minimum Gasteiger partial charge on any atom is -0.375 e. The van der Waals surface area contributed by atoms with E-state index in [2.05, 4.69) is 65.2 Å². The zero-order chi connectivity index (χ0) is 15.6. The highest BCUT2D eigenvalue weighted by atomic mass is 16.5. The van der Waals surface area contributed by atoms with Crippen molar-refractivity contribution in [2.24, 2.45) is 11.8 Å². The second-order valence-electron chi connectivity index (χ2n) is 6.48. The Hall–Kier alpha value is -0.860. The third-order valence-electron chi connectivity index (χ3n) is 5.37. The van der Waals surface area contributed by atoms with E-state index in [0.717, 1.165) is 12.8 Å². The van der Waals surface area contributed by atoms with Gasteiger partial charge in [0.2, 0.25) is 0 Å². The molecular formula is C19H31NO. The van der Waals surface area contributed by atoms with Gasteiger partial charge in [0, 0.05) is 12.0 Å². The highest BCUT2D eigenvalue weighted by molar-refractivity contribution is 5.34. The Labute approximate surface area is 130 Å². The summed E-state index contributed by atoms with van der Waals surface area (Å²) in [5, 5.41) is 3.55. The number of ether oxygens (including phenoxy) is 1. The van der Waals surface area contributed by atoms with Crippen LogP contribution in [0, 0.1) is 11.8 Å². The Morgan fingerprint density at radius 2 is 1.71 bits per heavy atom. The van der Waals surface area contributed by atoms with Crippen molar-refractivity contribution in [1.82, 2.24) is 5.32 Å². The Morgan fingerprint density at radius 3 is 2.19 bits per heavy atom. The molecule has 5 unspecified atom stereocenters. The first-order chi connectivity index (χ1) is 10.0. The zero-order valence-corrected chi connectivity index (χ0v) is 14.4. The first-order valence-electron chi connectivity index (χ1n) is 8.47. The van der Waals surface area contributed by atoms with E-state index in [1.54, 1.807) is 0 Å². The largest absolute Gasteiger partial charge is 0.375 e. The maximum atomic E-state index is 6.05. The molecule has 118 valence electrons. The second kappa shape index (κ2) is 6.93. The van der Waals surface area contributed by atoms with Gasteiger partial charge in [0.1, 0.15) is 0 Å². The SMILES string of the molecule is CCc1ccc(C(NC)C2C(C)OC(C)C2C)cc1CC. The second-order valence-corrected chi connectivity index (χ2v) is 6.48. The quantitative estimate of drug-likeness (QED) is 0.880. The molecule has 0 aliphatic carbocycles. The van der Waals surface area contributed by atoms with Crippen LogP contribution in [0.3, 0.4) is 0 Å². The van der Waals surface area contributed by atoms with Crippen molar-refractivity contribution in [2.45, 2.75) is 65.7 Å². The van der Waals surface area contributed by atoms with Crippen molar-refractivity contribution >= 4 is 0 Å². The predicted octanol–water partition coefficient (Wildman–Crippen LogP) is 4.13. The van der Waals surface area contributed by atoms with Gasteiger partial charge in [-0.05, 0) is 56.3 Å². The number of hydrogen-bond acceptors (Lipinski definition) is 2. The van der Waals surface area contributed by atoms with Crippen LogP contribution in [0.25, 0.3) is 0 Å². The van der Waals surface area contributed by atoms with Crippen LogP contribution in [0.5, 0.6) is 0 Å². The van der Waals surface area contributed by atoms with Crippen molar-refractivity contribution < 1.29 is 4.74 Å². The Balaban J connectivity index is 2.33. The first-order valence-corrected chi connectivity index (χ1v) is 8.47. The van der Waals surface area contributed by atoms with Crippen LogP contribution >= 0.6 is 0 Å². The van der Waals surface area contributed by atoms with Gasteiger partial charge in [0.25, 0.3) is 0 Å². The van der Waals surface area contributed by atoms with E-state index in [4.69, 9.17) is 4.74 Å². The molecule has 0 saturated carbocycles. The average Bonchev–Trinajstić information content (AvgIpc) is 2.74. The molecule has 1 saturated heterocycles. The highest BCUT2D eigenvalue weighted by Gasteiger charge is 2.41. The van der Waals surface area contributed by atoms with Crippen molar-refractivity contribution in [1.29, 1.82) is 0 Å². The molecule has 2 nitrogen and oxygen atoms in total. The summed E-state index contributed by atoms with van der Waals surface area (Å²) in [4.78, 5) is 0. The molecule has 0 bridgehead atoms. The lowest BCUT2D eigenvalue weighted by Crippen LogP contribution is -2.33. The van der Waals surface area contributed by atoms with E-state index in [-0.39, 0.29) is 0 Å². The van der Waals surface area contributed by atoms with Crippen LogP contribution in [0.15, 0.2) is 18.2 Å². The summed E-state index contributed by atoms with van der Waals surface area (Å²) in [7, 11) is 2.08. The highest BCUT2D eigenvalue weighted by Crippen LogP contribution is 2.40. The fourth-order valence-corrected chi connectivity index (χ4v) is 3.96. The summed E-state index contributed by atoms with van der Waals surface area (Å²) < 4.78 is 6.05. The molecule has 1 aliphatic rings. The van der Waals surface area contributed by atoms with E-state index in [1.165, 1.54) is 16.7 Å². The molecule has 2 heteroatoms. The summed E-state index contributed by atoms with van der Waals surface area (Å²) in [6.07, 6.45) is 2.88. The van der Waals surface area contributed by atoms with Gasteiger partial charge in [-0.2, -0.15) is 0 Å². The Kier molecular flexibility index (Phi) is 5.45. The van der Waals surface area contributed by atoms with Crippen LogP contribution in [0.1, 0.15) is 57.4 Å². The van der Waals surface area contributed by atoms with E-state index in [0.29, 0.717) is 30.1 Å². The standard InChI is InChI=1S/C19H31NO/c1-7-15-9-10-17(11-16(15)8-2)19(20-6)18-12(3)13(4)21-14(18)5/h9-14,18-20H,7-8H2,1-6H3. The van der Waals surface area contributed by atoms with Crippen LogP contribution in [-0.4, -0.2) is 19.3 Å². The third kappa shape index (κ3) is 3.17. The molecule has 1 heterocycles. The molecule has 1 aromatic rings. The van der Waals surface area contributed by atoms with Crippen LogP contribution in [0.4, 0.5) is 0 Å². The molecule has 1 N–H and O–H groups in total. The first kappa shape index (κ1) is 16.5. The molecular weight excluding hydrogens is 258 g/mol. The number of rotatable bonds is 5. The smallest absolute Gasteiger partial charge is 0.0600 e. The topological polar surface area (TPSA) is 21.3 Å². The van der Waals surface area contributed by atoms with Gasteiger partial charge in [-0.25, -0.2) is 0 Å². The molecule has 0 amide bonds. The molecule has 0 aromatic heterocycles. The van der Waals surface area contributed by atoms with Crippen LogP contribution in [0.2, 0.25) is 0 Å². The summed E-state index contributed by atoms with van der Waals surface area (Å²) >= 11 is 0. The van der Waals surface area contributed by atoms with Crippen molar-refractivity contribution in [3.63, 3.8) is 0 Å². The third-order valence-corrected chi connectivity index (χ3v) is 5.37. The number of nitrogens with one attached hydrogen (secondary N) is 1. The zero-order valence-electron chi connectivity index (χ0n) is 14.4. The number of aryl methyl sites for hydroxylation is 2. The summed E-state index contributed by atoms with van der Waals surface area (Å²) in [5.74, 6) is 1.11. The van der Waals surface area contributed by atoms with E-state index in [9.17, 15) is 0 Å². The van der Waals surface area contributed by atoms with Gasteiger partial charge < -0.3 is 10.1 Å². The molecule has 1 fully saturated rings. The lowest BCUT2D eigenvalue weighted by atomic mass is 9.80. The lowest BCUT2D eigenvalue weighted by Gasteiger charge is -2.29. The van der Waals surface area contributed by atoms with E-state index < -0.39 is 0 Å². The fourth-order valence-electron chi connectivity index (χ4n) is 3.96. The van der Waals surface area contributed by atoms with Crippen molar-refractivity contribution in [3.8, 4) is 0 Å². The molecule has 1 aromatic carbocycles. The summed E-state index contributed by atoms with van der Waals surface area (Å²) in [6, 6.07) is 7.40.